The first-order chi connectivity index (χ1) is 6.11. The first-order valence-electron chi connectivity index (χ1n) is 4.59. The molecular weight excluding hydrogens is 184 g/mol. The molecule has 2 fully saturated rings. The molecule has 0 aromatic carbocycles. The predicted octanol–water partition coefficient (Wildman–Crippen LogP) is 1.55. The summed E-state index contributed by atoms with van der Waals surface area (Å²) < 4.78 is 23.6. The highest BCUT2D eigenvalue weighted by atomic mass is 32.2. The minimum Gasteiger partial charge on any atom is -0.228 e. The summed E-state index contributed by atoms with van der Waals surface area (Å²) in [6.07, 6.45) is 5.08. The minimum absolute atomic E-state index is 0.125. The molecule has 0 N–H and O–H groups in total. The third-order valence-electron chi connectivity index (χ3n) is 3.01. The van der Waals surface area contributed by atoms with E-state index in [0.717, 1.165) is 12.8 Å². The molecule has 13 heavy (non-hydrogen) atoms. The lowest BCUT2D eigenvalue weighted by molar-refractivity contribution is 0.591. The summed E-state index contributed by atoms with van der Waals surface area (Å²) in [5, 5.41) is -0.250. The van der Waals surface area contributed by atoms with Crippen molar-refractivity contribution in [3.8, 4) is 0 Å². The normalized spacial score (nSPS) is 42.5. The van der Waals surface area contributed by atoms with Crippen molar-refractivity contribution in [2.24, 2.45) is 11.8 Å². The number of allylic oxidation sites excluding steroid dienone is 2. The number of hydrogen-bond acceptors (Lipinski definition) is 2. The maximum Gasteiger partial charge on any atom is 0.157 e. The Hall–Kier alpha value is -0.570. The molecule has 2 aliphatic rings. The second kappa shape index (κ2) is 2.71. The van der Waals surface area contributed by atoms with Crippen molar-refractivity contribution in [3.05, 3.63) is 25.3 Å². The van der Waals surface area contributed by atoms with Gasteiger partial charge in [0.25, 0.3) is 0 Å². The van der Waals surface area contributed by atoms with Crippen molar-refractivity contribution in [1.29, 1.82) is 0 Å². The van der Waals surface area contributed by atoms with E-state index >= 15 is 0 Å². The van der Waals surface area contributed by atoms with E-state index in [0.29, 0.717) is 0 Å². The molecule has 0 aromatic rings. The van der Waals surface area contributed by atoms with Gasteiger partial charge in [0.05, 0.1) is 10.5 Å². The van der Waals surface area contributed by atoms with Crippen LogP contribution in [0.2, 0.25) is 0 Å². The highest BCUT2D eigenvalue weighted by molar-refractivity contribution is 7.93. The lowest BCUT2D eigenvalue weighted by atomic mass is 10.4. The standard InChI is InChI=1S/C10H14O2S/c1-3-7-5-9(7)13(11,12)10-6-8(10)4-2/h3-4,7-10H,1-2,5-6H2. The first kappa shape index (κ1) is 9.00. The summed E-state index contributed by atoms with van der Waals surface area (Å²) in [5.41, 5.74) is 0. The van der Waals surface area contributed by atoms with Gasteiger partial charge >= 0.3 is 0 Å². The molecule has 3 heteroatoms. The molecule has 0 aromatic heterocycles. The molecule has 0 saturated heterocycles. The van der Waals surface area contributed by atoms with Gasteiger partial charge in [0.1, 0.15) is 0 Å². The summed E-state index contributed by atoms with van der Waals surface area (Å²) in [6.45, 7) is 7.24. The van der Waals surface area contributed by atoms with Gasteiger partial charge in [-0.1, -0.05) is 12.2 Å². The lowest BCUT2D eigenvalue weighted by Gasteiger charge is -1.99. The van der Waals surface area contributed by atoms with Crippen LogP contribution in [-0.4, -0.2) is 18.9 Å². The molecule has 2 rings (SSSR count). The summed E-state index contributed by atoms with van der Waals surface area (Å²) in [6, 6.07) is 0. The Morgan fingerprint density at radius 2 is 1.38 bits per heavy atom. The molecule has 2 saturated carbocycles. The lowest BCUT2D eigenvalue weighted by Crippen LogP contribution is -2.15. The summed E-state index contributed by atoms with van der Waals surface area (Å²) in [5.74, 6) is 0.437. The van der Waals surface area contributed by atoms with E-state index in [1.807, 2.05) is 0 Å². The van der Waals surface area contributed by atoms with Crippen LogP contribution in [0, 0.1) is 11.8 Å². The predicted molar refractivity (Wildman–Crippen MR) is 53.1 cm³/mol. The van der Waals surface area contributed by atoms with Gasteiger partial charge in [-0.15, -0.1) is 13.2 Å². The molecule has 0 spiro atoms. The smallest absolute Gasteiger partial charge is 0.157 e. The zero-order valence-electron chi connectivity index (χ0n) is 7.52. The van der Waals surface area contributed by atoms with Crippen LogP contribution >= 0.6 is 0 Å². The van der Waals surface area contributed by atoms with Crippen LogP contribution in [0.3, 0.4) is 0 Å². The molecule has 0 amide bonds. The Morgan fingerprint density at radius 3 is 1.62 bits per heavy atom. The summed E-state index contributed by atoms with van der Waals surface area (Å²) in [7, 11) is -2.86. The minimum atomic E-state index is -2.86. The fraction of sp³-hybridized carbons (Fsp3) is 0.600. The average molecular weight is 198 g/mol. The van der Waals surface area contributed by atoms with Crippen molar-refractivity contribution in [1.82, 2.24) is 0 Å². The van der Waals surface area contributed by atoms with E-state index in [1.165, 1.54) is 0 Å². The van der Waals surface area contributed by atoms with Crippen LogP contribution in [0.25, 0.3) is 0 Å². The first-order valence-corrected chi connectivity index (χ1v) is 6.20. The van der Waals surface area contributed by atoms with Crippen LogP contribution in [0.5, 0.6) is 0 Å². The van der Waals surface area contributed by atoms with E-state index in [2.05, 4.69) is 13.2 Å². The van der Waals surface area contributed by atoms with Crippen LogP contribution in [0.1, 0.15) is 12.8 Å². The second-order valence-electron chi connectivity index (χ2n) is 3.94. The van der Waals surface area contributed by atoms with Gasteiger partial charge < -0.3 is 0 Å². The molecule has 0 bridgehead atoms. The highest BCUT2D eigenvalue weighted by Gasteiger charge is 2.55. The molecule has 0 radical (unpaired) electrons. The third-order valence-corrected chi connectivity index (χ3v) is 5.78. The molecule has 2 nitrogen and oxygen atoms in total. The molecule has 72 valence electrons. The number of sulfone groups is 1. The molecule has 0 heterocycles. The zero-order chi connectivity index (χ0) is 9.64. The third kappa shape index (κ3) is 1.35. The van der Waals surface area contributed by atoms with Crippen LogP contribution in [-0.2, 0) is 9.84 Å². The molecule has 2 aliphatic carbocycles. The van der Waals surface area contributed by atoms with Gasteiger partial charge in [-0.3, -0.25) is 0 Å². The van der Waals surface area contributed by atoms with Crippen LogP contribution in [0.15, 0.2) is 25.3 Å². The van der Waals surface area contributed by atoms with Crippen molar-refractivity contribution in [3.63, 3.8) is 0 Å². The van der Waals surface area contributed by atoms with E-state index in [1.54, 1.807) is 12.2 Å². The van der Waals surface area contributed by atoms with Crippen molar-refractivity contribution >= 4 is 9.84 Å². The summed E-state index contributed by atoms with van der Waals surface area (Å²) >= 11 is 0. The van der Waals surface area contributed by atoms with Gasteiger partial charge in [0.15, 0.2) is 9.84 Å². The Labute approximate surface area is 79.3 Å². The topological polar surface area (TPSA) is 34.1 Å². The maximum absolute atomic E-state index is 11.8. The summed E-state index contributed by atoms with van der Waals surface area (Å²) in [4.78, 5) is 0. The average Bonchev–Trinajstić information content (AvgIpc) is 2.98. The maximum atomic E-state index is 11.8. The van der Waals surface area contributed by atoms with Crippen LogP contribution < -0.4 is 0 Å². The molecule has 0 aliphatic heterocycles. The Kier molecular flexibility index (Phi) is 1.88. The van der Waals surface area contributed by atoms with Gasteiger partial charge in [0.2, 0.25) is 0 Å². The fourth-order valence-corrected chi connectivity index (χ4v) is 4.48. The Balaban J connectivity index is 2.07. The number of hydrogen-bond donors (Lipinski definition) is 0. The van der Waals surface area contributed by atoms with Crippen molar-refractivity contribution < 1.29 is 8.42 Å². The van der Waals surface area contributed by atoms with Gasteiger partial charge in [-0.05, 0) is 24.7 Å². The van der Waals surface area contributed by atoms with Gasteiger partial charge in [-0.25, -0.2) is 8.42 Å². The van der Waals surface area contributed by atoms with E-state index in [9.17, 15) is 8.42 Å². The Bertz CT molecular complexity index is 314. The van der Waals surface area contributed by atoms with E-state index in [-0.39, 0.29) is 22.3 Å². The largest absolute Gasteiger partial charge is 0.228 e. The Morgan fingerprint density at radius 1 is 1.00 bits per heavy atom. The van der Waals surface area contributed by atoms with E-state index in [4.69, 9.17) is 0 Å². The van der Waals surface area contributed by atoms with Crippen molar-refractivity contribution in [2.45, 2.75) is 23.3 Å². The van der Waals surface area contributed by atoms with Gasteiger partial charge in [-0.2, -0.15) is 0 Å². The monoisotopic (exact) mass is 198 g/mol. The fourth-order valence-electron chi connectivity index (χ4n) is 1.86. The van der Waals surface area contributed by atoms with Gasteiger partial charge in [0, 0.05) is 0 Å². The number of rotatable bonds is 4. The molecular formula is C10H14O2S. The van der Waals surface area contributed by atoms with Crippen molar-refractivity contribution in [2.75, 3.05) is 0 Å². The second-order valence-corrected chi connectivity index (χ2v) is 6.33. The molecule has 4 unspecified atom stereocenters. The quantitative estimate of drug-likeness (QED) is 0.642. The van der Waals surface area contributed by atoms with E-state index < -0.39 is 9.84 Å². The SMILES string of the molecule is C=CC1CC1S(=O)(=O)C1CC1C=C. The van der Waals surface area contributed by atoms with Crippen LogP contribution in [0.4, 0.5) is 0 Å². The highest BCUT2D eigenvalue weighted by Crippen LogP contribution is 2.48. The zero-order valence-corrected chi connectivity index (χ0v) is 8.33. The molecule has 4 atom stereocenters.